The molecular formula is C20H21NO4. The summed E-state index contributed by atoms with van der Waals surface area (Å²) in [7, 11) is 0. The van der Waals surface area contributed by atoms with Gasteiger partial charge in [-0.25, -0.2) is 4.79 Å². The lowest BCUT2D eigenvalue weighted by Crippen LogP contribution is -2.16. The van der Waals surface area contributed by atoms with Crippen LogP contribution in [0, 0.1) is 20.8 Å². The van der Waals surface area contributed by atoms with Crippen molar-refractivity contribution in [3.63, 3.8) is 0 Å². The van der Waals surface area contributed by atoms with Gasteiger partial charge < -0.3 is 10.4 Å². The van der Waals surface area contributed by atoms with E-state index in [1.54, 1.807) is 25.1 Å². The van der Waals surface area contributed by atoms with Gasteiger partial charge in [-0.1, -0.05) is 23.8 Å². The highest BCUT2D eigenvalue weighted by Gasteiger charge is 2.14. The Morgan fingerprint density at radius 2 is 1.64 bits per heavy atom. The Morgan fingerprint density at radius 1 is 0.920 bits per heavy atom. The number of carbonyl (C=O) groups excluding carboxylic acids is 2. The fourth-order valence-corrected chi connectivity index (χ4v) is 2.44. The van der Waals surface area contributed by atoms with Gasteiger partial charge in [0.05, 0.1) is 11.3 Å². The Labute approximate surface area is 146 Å². The molecule has 0 spiro atoms. The molecule has 1 amide bonds. The number of ketones is 1. The highest BCUT2D eigenvalue weighted by Crippen LogP contribution is 2.18. The predicted molar refractivity (Wildman–Crippen MR) is 96.2 cm³/mol. The molecule has 0 saturated heterocycles. The Balaban J connectivity index is 2.00. The number of hydrogen-bond donors (Lipinski definition) is 2. The van der Waals surface area contributed by atoms with Crippen LogP contribution in [0.15, 0.2) is 36.4 Å². The van der Waals surface area contributed by atoms with Crippen molar-refractivity contribution >= 4 is 23.3 Å². The minimum Gasteiger partial charge on any atom is -0.478 e. The highest BCUT2D eigenvalue weighted by atomic mass is 16.4. The van der Waals surface area contributed by atoms with Gasteiger partial charge in [0.15, 0.2) is 5.78 Å². The average Bonchev–Trinajstić information content (AvgIpc) is 2.56. The van der Waals surface area contributed by atoms with Gasteiger partial charge in [-0.05, 0) is 50.1 Å². The molecule has 0 fully saturated rings. The normalized spacial score (nSPS) is 10.4. The second-order valence-corrected chi connectivity index (χ2v) is 6.12. The zero-order valence-electron chi connectivity index (χ0n) is 14.6. The summed E-state index contributed by atoms with van der Waals surface area (Å²) in [6.07, 6.45) is 0.0707. The molecule has 0 heterocycles. The van der Waals surface area contributed by atoms with Crippen molar-refractivity contribution in [1.82, 2.24) is 0 Å². The molecule has 130 valence electrons. The number of hydrogen-bond acceptors (Lipinski definition) is 3. The molecule has 0 radical (unpaired) electrons. The Morgan fingerprint density at radius 3 is 2.28 bits per heavy atom. The van der Waals surface area contributed by atoms with Gasteiger partial charge in [0.25, 0.3) is 0 Å². The second-order valence-electron chi connectivity index (χ2n) is 6.12. The first-order chi connectivity index (χ1) is 11.8. The number of aryl methyl sites for hydroxylation is 3. The van der Waals surface area contributed by atoms with E-state index in [2.05, 4.69) is 5.32 Å². The van der Waals surface area contributed by atoms with Gasteiger partial charge in [0.2, 0.25) is 5.91 Å². The third-order valence-corrected chi connectivity index (χ3v) is 4.09. The fraction of sp³-hybridized carbons (Fsp3) is 0.250. The largest absolute Gasteiger partial charge is 0.478 e. The predicted octanol–water partition coefficient (Wildman–Crippen LogP) is 3.91. The molecule has 2 rings (SSSR count). The van der Waals surface area contributed by atoms with Crippen molar-refractivity contribution < 1.29 is 19.5 Å². The molecule has 2 aromatic carbocycles. The minimum absolute atomic E-state index is 0.00130. The summed E-state index contributed by atoms with van der Waals surface area (Å²) >= 11 is 0. The van der Waals surface area contributed by atoms with Crippen molar-refractivity contribution in [2.45, 2.75) is 33.6 Å². The van der Waals surface area contributed by atoms with Crippen molar-refractivity contribution in [2.75, 3.05) is 5.32 Å². The van der Waals surface area contributed by atoms with E-state index in [0.717, 1.165) is 16.7 Å². The molecule has 0 aliphatic heterocycles. The van der Waals surface area contributed by atoms with Crippen molar-refractivity contribution in [2.24, 2.45) is 0 Å². The van der Waals surface area contributed by atoms with Gasteiger partial charge in [-0.2, -0.15) is 0 Å². The maximum absolute atomic E-state index is 12.2. The number of nitrogens with one attached hydrogen (secondary N) is 1. The van der Waals surface area contributed by atoms with Crippen LogP contribution in [-0.2, 0) is 4.79 Å². The lowest BCUT2D eigenvalue weighted by molar-refractivity contribution is -0.116. The lowest BCUT2D eigenvalue weighted by Gasteiger charge is -2.09. The van der Waals surface area contributed by atoms with E-state index in [0.29, 0.717) is 5.56 Å². The van der Waals surface area contributed by atoms with Crippen molar-refractivity contribution in [3.8, 4) is 0 Å². The van der Waals surface area contributed by atoms with E-state index >= 15 is 0 Å². The number of Topliss-reactive ketones (excluding diaryl/α,β-unsaturated/α-hetero) is 1. The number of aromatic carboxylic acids is 1. The Bertz CT molecular complexity index is 840. The molecule has 25 heavy (non-hydrogen) atoms. The maximum atomic E-state index is 12.2. The van der Waals surface area contributed by atoms with Crippen LogP contribution in [0.5, 0.6) is 0 Å². The molecule has 0 atom stereocenters. The minimum atomic E-state index is -1.11. The third-order valence-electron chi connectivity index (χ3n) is 4.09. The molecule has 0 saturated carbocycles. The number of anilines is 1. The van der Waals surface area contributed by atoms with E-state index in [-0.39, 0.29) is 35.8 Å². The summed E-state index contributed by atoms with van der Waals surface area (Å²) < 4.78 is 0. The molecule has 0 aliphatic rings. The quantitative estimate of drug-likeness (QED) is 0.782. The molecule has 2 N–H and O–H groups in total. The van der Waals surface area contributed by atoms with E-state index < -0.39 is 5.97 Å². The van der Waals surface area contributed by atoms with Crippen LogP contribution in [0.4, 0.5) is 5.69 Å². The zero-order valence-corrected chi connectivity index (χ0v) is 14.6. The van der Waals surface area contributed by atoms with Gasteiger partial charge >= 0.3 is 5.97 Å². The van der Waals surface area contributed by atoms with Crippen LogP contribution < -0.4 is 5.32 Å². The second kappa shape index (κ2) is 7.75. The standard InChI is InChI=1S/C20H21NO4/c1-12-4-7-17(16(10-12)20(24)25)21-19(23)9-8-18(22)15-6-5-13(2)14(3)11-15/h4-7,10-11H,8-9H2,1-3H3,(H,21,23)(H,24,25). The summed E-state index contributed by atoms with van der Waals surface area (Å²) in [5.74, 6) is -1.60. The number of benzene rings is 2. The smallest absolute Gasteiger partial charge is 0.337 e. The number of carboxylic acid groups (broad SMARTS) is 1. The van der Waals surface area contributed by atoms with Crippen molar-refractivity contribution in [3.05, 3.63) is 64.2 Å². The molecule has 5 nitrogen and oxygen atoms in total. The van der Waals surface area contributed by atoms with Gasteiger partial charge in [-0.15, -0.1) is 0 Å². The first-order valence-corrected chi connectivity index (χ1v) is 8.02. The van der Waals surface area contributed by atoms with E-state index in [1.807, 2.05) is 26.0 Å². The van der Waals surface area contributed by atoms with Gasteiger partial charge in [0.1, 0.15) is 0 Å². The fourth-order valence-electron chi connectivity index (χ4n) is 2.44. The zero-order chi connectivity index (χ0) is 18.6. The number of carbonyl (C=O) groups is 3. The van der Waals surface area contributed by atoms with Crippen molar-refractivity contribution in [1.29, 1.82) is 0 Å². The Hall–Kier alpha value is -2.95. The number of amides is 1. The monoisotopic (exact) mass is 339 g/mol. The summed E-state index contributed by atoms with van der Waals surface area (Å²) in [6, 6.07) is 10.2. The first-order valence-electron chi connectivity index (χ1n) is 8.02. The summed E-state index contributed by atoms with van der Waals surface area (Å²) in [4.78, 5) is 35.5. The Kier molecular flexibility index (Phi) is 5.70. The molecule has 5 heteroatoms. The van der Waals surface area contributed by atoms with Crippen LogP contribution in [-0.4, -0.2) is 22.8 Å². The van der Waals surface area contributed by atoms with E-state index in [4.69, 9.17) is 0 Å². The lowest BCUT2D eigenvalue weighted by atomic mass is 10.0. The maximum Gasteiger partial charge on any atom is 0.337 e. The highest BCUT2D eigenvalue weighted by molar-refractivity contribution is 6.03. The molecular weight excluding hydrogens is 318 g/mol. The van der Waals surface area contributed by atoms with Crippen LogP contribution in [0.1, 0.15) is 50.2 Å². The molecule has 2 aromatic rings. The van der Waals surface area contributed by atoms with Crippen LogP contribution in [0.2, 0.25) is 0 Å². The van der Waals surface area contributed by atoms with Crippen LogP contribution in [0.25, 0.3) is 0 Å². The molecule has 0 unspecified atom stereocenters. The molecule has 0 bridgehead atoms. The topological polar surface area (TPSA) is 83.5 Å². The average molecular weight is 339 g/mol. The van der Waals surface area contributed by atoms with E-state index in [1.165, 1.54) is 6.07 Å². The number of carboxylic acids is 1. The van der Waals surface area contributed by atoms with Gasteiger partial charge in [-0.3, -0.25) is 9.59 Å². The molecule has 0 aliphatic carbocycles. The first kappa shape index (κ1) is 18.4. The summed E-state index contributed by atoms with van der Waals surface area (Å²) in [6.45, 7) is 5.68. The van der Waals surface area contributed by atoms with E-state index in [9.17, 15) is 19.5 Å². The van der Waals surface area contributed by atoms with Crippen LogP contribution >= 0.6 is 0 Å². The van der Waals surface area contributed by atoms with Crippen LogP contribution in [0.3, 0.4) is 0 Å². The summed E-state index contributed by atoms with van der Waals surface area (Å²) in [5.41, 5.74) is 3.78. The summed E-state index contributed by atoms with van der Waals surface area (Å²) in [5, 5.41) is 11.8. The molecule has 0 aromatic heterocycles. The number of rotatable bonds is 6. The van der Waals surface area contributed by atoms with Gasteiger partial charge in [0, 0.05) is 18.4 Å². The SMILES string of the molecule is Cc1ccc(NC(=O)CCC(=O)c2ccc(C)c(C)c2)c(C(=O)O)c1. The third kappa shape index (κ3) is 4.76.